The SMILES string of the molecule is CCC1=NC=CCN1[O-]. The zero-order valence-corrected chi connectivity index (χ0v) is 5.37. The molecule has 0 aromatic rings. The molecule has 1 rings (SSSR count). The molecule has 0 radical (unpaired) electrons. The minimum Gasteiger partial charge on any atom is -0.757 e. The molecule has 0 aromatic carbocycles. The molecule has 3 heteroatoms. The summed E-state index contributed by atoms with van der Waals surface area (Å²) in [4.78, 5) is 3.88. The van der Waals surface area contributed by atoms with Crippen LogP contribution in [0.15, 0.2) is 17.3 Å². The summed E-state index contributed by atoms with van der Waals surface area (Å²) in [6, 6.07) is 0. The Morgan fingerprint density at radius 3 is 3.11 bits per heavy atom. The van der Waals surface area contributed by atoms with Gasteiger partial charge >= 0.3 is 0 Å². The fourth-order valence-corrected chi connectivity index (χ4v) is 0.719. The molecular formula is C6H9N2O-. The van der Waals surface area contributed by atoms with E-state index in [2.05, 4.69) is 4.99 Å². The molecule has 1 aliphatic rings. The zero-order valence-electron chi connectivity index (χ0n) is 5.37. The second kappa shape index (κ2) is 2.64. The zero-order chi connectivity index (χ0) is 6.69. The molecule has 0 amide bonds. The first-order valence-corrected chi connectivity index (χ1v) is 3.01. The van der Waals surface area contributed by atoms with Crippen molar-refractivity contribution in [1.82, 2.24) is 5.06 Å². The van der Waals surface area contributed by atoms with Crippen LogP contribution in [0.25, 0.3) is 0 Å². The van der Waals surface area contributed by atoms with Crippen LogP contribution < -0.4 is 0 Å². The molecule has 9 heavy (non-hydrogen) atoms. The van der Waals surface area contributed by atoms with Crippen LogP contribution in [0.3, 0.4) is 0 Å². The second-order valence-corrected chi connectivity index (χ2v) is 1.84. The summed E-state index contributed by atoms with van der Waals surface area (Å²) in [5.41, 5.74) is 0. The highest BCUT2D eigenvalue weighted by molar-refractivity contribution is 5.83. The van der Waals surface area contributed by atoms with Crippen molar-refractivity contribution >= 4 is 5.84 Å². The van der Waals surface area contributed by atoms with Crippen LogP contribution in [0, 0.1) is 5.21 Å². The normalized spacial score (nSPS) is 18.0. The molecule has 1 heterocycles. The lowest BCUT2D eigenvalue weighted by Gasteiger charge is -2.31. The molecule has 0 aliphatic carbocycles. The maximum absolute atomic E-state index is 10.8. The monoisotopic (exact) mass is 125 g/mol. The average Bonchev–Trinajstić information content (AvgIpc) is 1.89. The number of amidine groups is 1. The third kappa shape index (κ3) is 1.29. The van der Waals surface area contributed by atoms with E-state index in [1.807, 2.05) is 6.92 Å². The fourth-order valence-electron chi connectivity index (χ4n) is 0.719. The highest BCUT2D eigenvalue weighted by Crippen LogP contribution is 2.00. The smallest absolute Gasteiger partial charge is 0.0933 e. The summed E-state index contributed by atoms with van der Waals surface area (Å²) < 4.78 is 0. The quantitative estimate of drug-likeness (QED) is 0.526. The standard InChI is InChI=1S/C6H9N2O/c1-2-6-7-4-3-5-8(6)9/h3-4H,2,5H2,1H3/q-1. The number of nitrogens with zero attached hydrogens (tertiary/aromatic N) is 2. The number of hydrogen-bond donors (Lipinski definition) is 0. The van der Waals surface area contributed by atoms with Gasteiger partial charge in [-0.3, -0.25) is 0 Å². The lowest BCUT2D eigenvalue weighted by molar-refractivity contribution is 0.602. The van der Waals surface area contributed by atoms with E-state index in [0.717, 1.165) is 5.06 Å². The van der Waals surface area contributed by atoms with E-state index in [1.54, 1.807) is 12.3 Å². The molecule has 0 saturated carbocycles. The van der Waals surface area contributed by atoms with Gasteiger partial charge in [-0.25, -0.2) is 4.99 Å². The van der Waals surface area contributed by atoms with Crippen LogP contribution in [-0.4, -0.2) is 17.4 Å². The molecule has 0 spiro atoms. The molecular weight excluding hydrogens is 116 g/mol. The van der Waals surface area contributed by atoms with Gasteiger partial charge in [-0.05, 0) is 6.08 Å². The summed E-state index contributed by atoms with van der Waals surface area (Å²) in [5.74, 6) is 0.623. The van der Waals surface area contributed by atoms with Gasteiger partial charge in [0.15, 0.2) is 0 Å². The van der Waals surface area contributed by atoms with Gasteiger partial charge in [0, 0.05) is 19.2 Å². The van der Waals surface area contributed by atoms with E-state index in [-0.39, 0.29) is 0 Å². The largest absolute Gasteiger partial charge is 0.757 e. The van der Waals surface area contributed by atoms with Crippen LogP contribution in [0.1, 0.15) is 13.3 Å². The predicted octanol–water partition coefficient (Wildman–Crippen LogP) is 1.12. The first-order valence-electron chi connectivity index (χ1n) is 3.01. The van der Waals surface area contributed by atoms with Gasteiger partial charge in [0.25, 0.3) is 0 Å². The van der Waals surface area contributed by atoms with E-state index in [4.69, 9.17) is 0 Å². The van der Waals surface area contributed by atoms with Gasteiger partial charge in [-0.15, -0.1) is 0 Å². The van der Waals surface area contributed by atoms with Crippen LogP contribution in [0.2, 0.25) is 0 Å². The Hall–Kier alpha value is -0.830. The molecule has 0 N–H and O–H groups in total. The van der Waals surface area contributed by atoms with Gasteiger partial charge in [0.05, 0.1) is 5.84 Å². The lowest BCUT2D eigenvalue weighted by atomic mass is 10.4. The second-order valence-electron chi connectivity index (χ2n) is 1.84. The minimum atomic E-state index is 0.451. The minimum absolute atomic E-state index is 0.451. The Morgan fingerprint density at radius 2 is 2.67 bits per heavy atom. The van der Waals surface area contributed by atoms with E-state index >= 15 is 0 Å². The highest BCUT2D eigenvalue weighted by atomic mass is 16.5. The van der Waals surface area contributed by atoms with Crippen molar-refractivity contribution in [1.29, 1.82) is 0 Å². The maximum Gasteiger partial charge on any atom is 0.0933 e. The molecule has 0 bridgehead atoms. The maximum atomic E-state index is 10.8. The van der Waals surface area contributed by atoms with Crippen LogP contribution in [0.4, 0.5) is 0 Å². The van der Waals surface area contributed by atoms with Gasteiger partial charge in [-0.1, -0.05) is 6.92 Å². The Kier molecular flexibility index (Phi) is 1.85. The van der Waals surface area contributed by atoms with Crippen molar-refractivity contribution in [2.45, 2.75) is 13.3 Å². The molecule has 0 aromatic heterocycles. The molecule has 0 fully saturated rings. The highest BCUT2D eigenvalue weighted by Gasteiger charge is 1.97. The van der Waals surface area contributed by atoms with Crippen molar-refractivity contribution in [3.63, 3.8) is 0 Å². The summed E-state index contributed by atoms with van der Waals surface area (Å²) in [6.07, 6.45) is 4.13. The van der Waals surface area contributed by atoms with Gasteiger partial charge in [-0.2, -0.15) is 0 Å². The molecule has 50 valence electrons. The molecule has 0 atom stereocenters. The Balaban J connectivity index is 2.63. The Morgan fingerprint density at radius 1 is 1.89 bits per heavy atom. The Bertz CT molecular complexity index is 151. The summed E-state index contributed by atoms with van der Waals surface area (Å²) in [6.45, 7) is 2.37. The van der Waals surface area contributed by atoms with Crippen LogP contribution >= 0.6 is 0 Å². The van der Waals surface area contributed by atoms with Crippen LogP contribution in [-0.2, 0) is 0 Å². The lowest BCUT2D eigenvalue weighted by Crippen LogP contribution is -2.25. The molecule has 1 aliphatic heterocycles. The number of hydrogen-bond acceptors (Lipinski definition) is 3. The van der Waals surface area contributed by atoms with Crippen molar-refractivity contribution < 1.29 is 0 Å². The molecule has 0 unspecified atom stereocenters. The summed E-state index contributed by atoms with van der Waals surface area (Å²) in [7, 11) is 0. The molecule has 0 saturated heterocycles. The van der Waals surface area contributed by atoms with Crippen molar-refractivity contribution in [3.8, 4) is 0 Å². The van der Waals surface area contributed by atoms with Gasteiger partial charge in [0.1, 0.15) is 0 Å². The van der Waals surface area contributed by atoms with Crippen molar-refractivity contribution in [2.24, 2.45) is 4.99 Å². The van der Waals surface area contributed by atoms with Crippen molar-refractivity contribution in [3.05, 3.63) is 17.5 Å². The topological polar surface area (TPSA) is 38.7 Å². The van der Waals surface area contributed by atoms with E-state index in [9.17, 15) is 5.21 Å². The number of aliphatic imine (C=N–C) groups is 1. The third-order valence-electron chi connectivity index (χ3n) is 1.20. The number of rotatable bonds is 1. The van der Waals surface area contributed by atoms with E-state index in [1.165, 1.54) is 0 Å². The van der Waals surface area contributed by atoms with Gasteiger partial charge in [0.2, 0.25) is 0 Å². The summed E-state index contributed by atoms with van der Waals surface area (Å²) >= 11 is 0. The van der Waals surface area contributed by atoms with E-state index < -0.39 is 0 Å². The average molecular weight is 125 g/mol. The Labute approximate surface area is 54.3 Å². The number of hydroxylamine groups is 2. The summed E-state index contributed by atoms with van der Waals surface area (Å²) in [5, 5.41) is 11.7. The van der Waals surface area contributed by atoms with Crippen molar-refractivity contribution in [2.75, 3.05) is 6.54 Å². The third-order valence-corrected chi connectivity index (χ3v) is 1.20. The predicted molar refractivity (Wildman–Crippen MR) is 36.9 cm³/mol. The van der Waals surface area contributed by atoms with E-state index in [0.29, 0.717) is 18.8 Å². The first-order chi connectivity index (χ1) is 4.34. The fraction of sp³-hybridized carbons (Fsp3) is 0.500. The van der Waals surface area contributed by atoms with Gasteiger partial charge < -0.3 is 10.3 Å². The first kappa shape index (κ1) is 6.29. The van der Waals surface area contributed by atoms with Crippen LogP contribution in [0.5, 0.6) is 0 Å². The molecule has 3 nitrogen and oxygen atoms in total.